The number of alkyl halides is 3. The van der Waals surface area contributed by atoms with E-state index in [4.69, 9.17) is 10.5 Å². The molecule has 0 unspecified atom stereocenters. The standard InChI is InChI=1S/C13H19F3N4OS/c1-22(2,3)5-4-21-8-20-10-7-18-6-9(17)11(10)12(19-20)13(14,15)16/h6-7H,4-5,8,17H2,1-3H3. The van der Waals surface area contributed by atoms with Gasteiger partial charge in [-0.15, -0.1) is 0 Å². The summed E-state index contributed by atoms with van der Waals surface area (Å²) in [5, 5.41) is 3.48. The fourth-order valence-electron chi connectivity index (χ4n) is 1.90. The number of fused-ring (bicyclic) bond motifs is 1. The second-order valence-electron chi connectivity index (χ2n) is 5.80. The number of aromatic nitrogens is 3. The van der Waals surface area contributed by atoms with Crippen LogP contribution < -0.4 is 5.73 Å². The molecule has 2 heterocycles. The molecule has 0 saturated heterocycles. The summed E-state index contributed by atoms with van der Waals surface area (Å²) in [6.07, 6.45) is 4.36. The lowest BCUT2D eigenvalue weighted by Gasteiger charge is -2.24. The number of ether oxygens (including phenoxy) is 1. The molecule has 2 aromatic rings. The van der Waals surface area contributed by atoms with Crippen LogP contribution in [-0.4, -0.2) is 45.9 Å². The third-order valence-electron chi connectivity index (χ3n) is 3.01. The minimum Gasteiger partial charge on any atom is -0.397 e. The van der Waals surface area contributed by atoms with Crippen LogP contribution in [0.1, 0.15) is 5.69 Å². The second-order valence-corrected chi connectivity index (χ2v) is 10.4. The number of hydrogen-bond acceptors (Lipinski definition) is 4. The smallest absolute Gasteiger partial charge is 0.397 e. The fraction of sp³-hybridized carbons (Fsp3) is 0.538. The highest BCUT2D eigenvalue weighted by Crippen LogP contribution is 2.36. The molecule has 2 rings (SSSR count). The Morgan fingerprint density at radius 3 is 2.55 bits per heavy atom. The lowest BCUT2D eigenvalue weighted by atomic mass is 10.2. The molecule has 22 heavy (non-hydrogen) atoms. The molecule has 0 saturated carbocycles. The average Bonchev–Trinajstić information content (AvgIpc) is 2.74. The maximum Gasteiger partial charge on any atom is 0.435 e. The van der Waals surface area contributed by atoms with Crippen molar-refractivity contribution < 1.29 is 17.9 Å². The Labute approximate surface area is 128 Å². The van der Waals surface area contributed by atoms with Gasteiger partial charge >= 0.3 is 6.18 Å². The zero-order chi connectivity index (χ0) is 16.5. The quantitative estimate of drug-likeness (QED) is 0.853. The molecule has 0 spiro atoms. The molecule has 0 aliphatic carbocycles. The Morgan fingerprint density at radius 2 is 1.95 bits per heavy atom. The first-order valence-corrected chi connectivity index (χ1v) is 9.53. The van der Waals surface area contributed by atoms with Gasteiger partial charge in [0.15, 0.2) is 5.69 Å². The Bertz CT molecular complexity index is 664. The first-order chi connectivity index (χ1) is 10.1. The summed E-state index contributed by atoms with van der Waals surface area (Å²) in [5.74, 6) is 0.874. The van der Waals surface area contributed by atoms with Crippen LogP contribution in [0.15, 0.2) is 12.4 Å². The van der Waals surface area contributed by atoms with Crippen molar-refractivity contribution in [1.29, 1.82) is 0 Å². The van der Waals surface area contributed by atoms with Crippen molar-refractivity contribution in [1.82, 2.24) is 14.8 Å². The Morgan fingerprint density at radius 1 is 1.27 bits per heavy atom. The Hall–Kier alpha value is -1.48. The van der Waals surface area contributed by atoms with E-state index < -0.39 is 21.9 Å². The number of nitrogens with two attached hydrogens (primary N) is 1. The van der Waals surface area contributed by atoms with Crippen LogP contribution >= 0.6 is 10.0 Å². The molecule has 9 heteroatoms. The maximum atomic E-state index is 13.1. The largest absolute Gasteiger partial charge is 0.435 e. The molecule has 0 aromatic carbocycles. The van der Waals surface area contributed by atoms with Gasteiger partial charge in [-0.25, -0.2) is 14.7 Å². The second kappa shape index (κ2) is 5.96. The van der Waals surface area contributed by atoms with E-state index >= 15 is 0 Å². The van der Waals surface area contributed by atoms with Gasteiger partial charge in [-0.2, -0.15) is 18.3 Å². The van der Waals surface area contributed by atoms with Gasteiger partial charge in [0.1, 0.15) is 6.73 Å². The molecule has 0 amide bonds. The number of nitrogen functional groups attached to an aromatic ring is 1. The summed E-state index contributed by atoms with van der Waals surface area (Å²) < 4.78 is 45.8. The highest BCUT2D eigenvalue weighted by molar-refractivity contribution is 8.32. The van der Waals surface area contributed by atoms with Crippen LogP contribution in [-0.2, 0) is 17.6 Å². The summed E-state index contributed by atoms with van der Waals surface area (Å²) >= 11 is 0. The minimum absolute atomic E-state index is 0.0461. The van der Waals surface area contributed by atoms with Crippen molar-refractivity contribution in [3.63, 3.8) is 0 Å². The van der Waals surface area contributed by atoms with Gasteiger partial charge in [-0.05, 0) is 18.8 Å². The van der Waals surface area contributed by atoms with Gasteiger partial charge in [0.2, 0.25) is 0 Å². The van der Waals surface area contributed by atoms with Gasteiger partial charge < -0.3 is 10.5 Å². The molecule has 2 N–H and O–H groups in total. The van der Waals surface area contributed by atoms with Gasteiger partial charge in [0.25, 0.3) is 0 Å². The van der Waals surface area contributed by atoms with Crippen molar-refractivity contribution in [2.24, 2.45) is 0 Å². The molecule has 2 aromatic heterocycles. The van der Waals surface area contributed by atoms with Crippen LogP contribution in [0.3, 0.4) is 0 Å². The molecule has 0 fully saturated rings. The van der Waals surface area contributed by atoms with E-state index in [9.17, 15) is 13.2 Å². The normalized spacial score (nSPS) is 13.7. The number of anilines is 1. The van der Waals surface area contributed by atoms with E-state index in [0.717, 1.165) is 10.4 Å². The van der Waals surface area contributed by atoms with Crippen molar-refractivity contribution in [3.05, 3.63) is 18.1 Å². The predicted octanol–water partition coefficient (Wildman–Crippen LogP) is 2.70. The summed E-state index contributed by atoms with van der Waals surface area (Å²) in [5.41, 5.74) is 4.79. The molecule has 0 atom stereocenters. The fourth-order valence-corrected chi connectivity index (χ4v) is 2.52. The zero-order valence-electron chi connectivity index (χ0n) is 12.6. The van der Waals surface area contributed by atoms with E-state index in [1.54, 1.807) is 0 Å². The van der Waals surface area contributed by atoms with Crippen LogP contribution in [0.2, 0.25) is 0 Å². The number of nitrogens with zero attached hydrogens (tertiary/aromatic N) is 3. The van der Waals surface area contributed by atoms with Crippen LogP contribution in [0, 0.1) is 0 Å². The topological polar surface area (TPSA) is 66.0 Å². The van der Waals surface area contributed by atoms with Crippen LogP contribution in [0.4, 0.5) is 18.9 Å². The van der Waals surface area contributed by atoms with Gasteiger partial charge in [-0.3, -0.25) is 4.98 Å². The van der Waals surface area contributed by atoms with E-state index in [1.807, 2.05) is 0 Å². The minimum atomic E-state index is -4.57. The highest BCUT2D eigenvalue weighted by Gasteiger charge is 2.37. The lowest BCUT2D eigenvalue weighted by Crippen LogP contribution is -2.12. The third-order valence-corrected chi connectivity index (χ3v) is 4.40. The van der Waals surface area contributed by atoms with Gasteiger partial charge in [-0.1, -0.05) is 0 Å². The predicted molar refractivity (Wildman–Crippen MR) is 83.1 cm³/mol. The van der Waals surface area contributed by atoms with E-state index in [2.05, 4.69) is 28.8 Å². The molecule has 0 aliphatic heterocycles. The average molecular weight is 336 g/mol. The first-order valence-electron chi connectivity index (χ1n) is 6.50. The van der Waals surface area contributed by atoms with Crippen molar-refractivity contribution >= 4 is 26.6 Å². The molecular weight excluding hydrogens is 317 g/mol. The molecule has 0 bridgehead atoms. The number of hydrogen-bond donors (Lipinski definition) is 1. The number of pyridine rings is 1. The van der Waals surface area contributed by atoms with Crippen molar-refractivity contribution in [3.8, 4) is 0 Å². The molecular formula is C13H19F3N4OS. The third kappa shape index (κ3) is 3.83. The van der Waals surface area contributed by atoms with Gasteiger partial charge in [0, 0.05) is 5.75 Å². The highest BCUT2D eigenvalue weighted by atomic mass is 32.3. The summed E-state index contributed by atoms with van der Waals surface area (Å²) in [6, 6.07) is 0. The van der Waals surface area contributed by atoms with E-state index in [1.165, 1.54) is 12.4 Å². The Balaban J connectivity index is 2.26. The monoisotopic (exact) mass is 336 g/mol. The first kappa shape index (κ1) is 16.9. The SMILES string of the molecule is CS(C)(C)CCOCn1nc(C(F)(F)F)c2c(N)cncc21. The van der Waals surface area contributed by atoms with Crippen molar-refractivity contribution in [2.75, 3.05) is 36.9 Å². The lowest BCUT2D eigenvalue weighted by molar-refractivity contribution is -0.140. The van der Waals surface area contributed by atoms with Crippen LogP contribution in [0.25, 0.3) is 10.9 Å². The Kier molecular flexibility index (Phi) is 4.57. The van der Waals surface area contributed by atoms with Crippen LogP contribution in [0.5, 0.6) is 0 Å². The zero-order valence-corrected chi connectivity index (χ0v) is 13.5. The molecule has 5 nitrogen and oxygen atoms in total. The molecule has 0 radical (unpaired) electrons. The maximum absolute atomic E-state index is 13.1. The van der Waals surface area contributed by atoms with E-state index in [0.29, 0.717) is 6.61 Å². The van der Waals surface area contributed by atoms with E-state index in [-0.39, 0.29) is 23.3 Å². The summed E-state index contributed by atoms with van der Waals surface area (Å²) in [4.78, 5) is 3.83. The summed E-state index contributed by atoms with van der Waals surface area (Å²) in [7, 11) is -0.713. The summed E-state index contributed by atoms with van der Waals surface area (Å²) in [6.45, 7) is 0.407. The van der Waals surface area contributed by atoms with Crippen molar-refractivity contribution in [2.45, 2.75) is 12.9 Å². The number of rotatable bonds is 5. The molecule has 124 valence electrons. The number of halogens is 3. The molecule has 0 aliphatic rings. The van der Waals surface area contributed by atoms with Gasteiger partial charge in [0.05, 0.1) is 35.6 Å².